The topological polar surface area (TPSA) is 57.0 Å². The summed E-state index contributed by atoms with van der Waals surface area (Å²) in [6.45, 7) is 0.808. The van der Waals surface area contributed by atoms with E-state index in [2.05, 4.69) is 12.1 Å². The SMILES string of the molecule is Nc1cn(Cc2ccccc2)cc1N. The molecule has 0 radical (unpaired) electrons. The molecule has 0 aliphatic heterocycles. The van der Waals surface area contributed by atoms with E-state index in [0.29, 0.717) is 11.4 Å². The number of nitrogens with two attached hydrogens (primary N) is 2. The molecule has 0 saturated carbocycles. The van der Waals surface area contributed by atoms with Crippen LogP contribution in [0.25, 0.3) is 0 Å². The fourth-order valence-electron chi connectivity index (χ4n) is 1.43. The van der Waals surface area contributed by atoms with E-state index in [0.717, 1.165) is 6.54 Å². The Morgan fingerprint density at radius 3 is 2.07 bits per heavy atom. The standard InChI is InChI=1S/C11H13N3/c12-10-7-14(8-11(10)13)6-9-4-2-1-3-5-9/h1-5,7-8H,6,12-13H2. The number of nitrogen functional groups attached to an aromatic ring is 2. The minimum atomic E-state index is 0.640. The van der Waals surface area contributed by atoms with E-state index >= 15 is 0 Å². The largest absolute Gasteiger partial charge is 0.396 e. The molecule has 0 unspecified atom stereocenters. The monoisotopic (exact) mass is 187 g/mol. The number of anilines is 2. The molecule has 0 spiro atoms. The van der Waals surface area contributed by atoms with E-state index in [9.17, 15) is 0 Å². The van der Waals surface area contributed by atoms with Crippen molar-refractivity contribution in [1.82, 2.24) is 4.57 Å². The van der Waals surface area contributed by atoms with Gasteiger partial charge in [-0.05, 0) is 5.56 Å². The van der Waals surface area contributed by atoms with E-state index in [1.165, 1.54) is 5.56 Å². The summed E-state index contributed by atoms with van der Waals surface area (Å²) >= 11 is 0. The lowest BCUT2D eigenvalue weighted by Gasteiger charge is -2.01. The van der Waals surface area contributed by atoms with Crippen molar-refractivity contribution < 1.29 is 0 Å². The summed E-state index contributed by atoms with van der Waals surface area (Å²) in [4.78, 5) is 0. The molecule has 0 saturated heterocycles. The molecule has 1 aromatic carbocycles. The lowest BCUT2D eigenvalue weighted by molar-refractivity contribution is 0.808. The van der Waals surface area contributed by atoms with Gasteiger partial charge in [-0.1, -0.05) is 30.3 Å². The van der Waals surface area contributed by atoms with Crippen LogP contribution in [0.4, 0.5) is 11.4 Å². The van der Waals surface area contributed by atoms with Crippen molar-refractivity contribution in [2.45, 2.75) is 6.54 Å². The number of aromatic nitrogens is 1. The molecule has 1 aromatic heterocycles. The van der Waals surface area contributed by atoms with E-state index in [4.69, 9.17) is 11.5 Å². The van der Waals surface area contributed by atoms with Crippen LogP contribution in [0.2, 0.25) is 0 Å². The van der Waals surface area contributed by atoms with Crippen LogP contribution in [-0.4, -0.2) is 4.57 Å². The van der Waals surface area contributed by atoms with Gasteiger partial charge in [0.05, 0.1) is 11.4 Å². The first-order valence-corrected chi connectivity index (χ1v) is 4.50. The average molecular weight is 187 g/mol. The van der Waals surface area contributed by atoms with Gasteiger partial charge in [-0.15, -0.1) is 0 Å². The first-order valence-electron chi connectivity index (χ1n) is 4.50. The van der Waals surface area contributed by atoms with E-state index in [1.807, 2.05) is 35.2 Å². The highest BCUT2D eigenvalue weighted by molar-refractivity contribution is 5.61. The third-order valence-corrected chi connectivity index (χ3v) is 2.15. The predicted octanol–water partition coefficient (Wildman–Crippen LogP) is 1.70. The van der Waals surface area contributed by atoms with E-state index < -0.39 is 0 Å². The lowest BCUT2D eigenvalue weighted by Crippen LogP contribution is -1.95. The average Bonchev–Trinajstić information content (AvgIpc) is 2.47. The van der Waals surface area contributed by atoms with Gasteiger partial charge >= 0.3 is 0 Å². The van der Waals surface area contributed by atoms with E-state index in [-0.39, 0.29) is 0 Å². The van der Waals surface area contributed by atoms with Crippen molar-refractivity contribution in [1.29, 1.82) is 0 Å². The highest BCUT2D eigenvalue weighted by Crippen LogP contribution is 2.15. The van der Waals surface area contributed by atoms with Gasteiger partial charge in [-0.2, -0.15) is 0 Å². The fourth-order valence-corrected chi connectivity index (χ4v) is 1.43. The lowest BCUT2D eigenvalue weighted by atomic mass is 10.2. The van der Waals surface area contributed by atoms with Gasteiger partial charge in [-0.3, -0.25) is 0 Å². The molecule has 0 fully saturated rings. The summed E-state index contributed by atoms with van der Waals surface area (Å²) in [6, 6.07) is 10.2. The second kappa shape index (κ2) is 3.46. The molecule has 3 nitrogen and oxygen atoms in total. The van der Waals surface area contributed by atoms with Gasteiger partial charge in [-0.25, -0.2) is 0 Å². The van der Waals surface area contributed by atoms with Gasteiger partial charge in [0.1, 0.15) is 0 Å². The Morgan fingerprint density at radius 2 is 1.50 bits per heavy atom. The molecule has 14 heavy (non-hydrogen) atoms. The third-order valence-electron chi connectivity index (χ3n) is 2.15. The number of rotatable bonds is 2. The predicted molar refractivity (Wildman–Crippen MR) is 58.8 cm³/mol. The molecule has 4 N–H and O–H groups in total. The zero-order valence-corrected chi connectivity index (χ0v) is 7.85. The highest BCUT2D eigenvalue weighted by Gasteiger charge is 1.99. The first kappa shape index (κ1) is 8.69. The molecular formula is C11H13N3. The number of benzene rings is 1. The minimum Gasteiger partial charge on any atom is -0.396 e. The van der Waals surface area contributed by atoms with Gasteiger partial charge in [0.2, 0.25) is 0 Å². The molecule has 3 heteroatoms. The van der Waals surface area contributed by atoms with Crippen molar-refractivity contribution >= 4 is 11.4 Å². The van der Waals surface area contributed by atoms with Crippen LogP contribution in [0, 0.1) is 0 Å². The molecule has 0 aliphatic carbocycles. The summed E-state index contributed by atoms with van der Waals surface area (Å²) in [7, 11) is 0. The zero-order chi connectivity index (χ0) is 9.97. The molecule has 0 bridgehead atoms. The van der Waals surface area contributed by atoms with Gasteiger partial charge in [0.15, 0.2) is 0 Å². The van der Waals surface area contributed by atoms with Gasteiger partial charge in [0, 0.05) is 18.9 Å². The van der Waals surface area contributed by atoms with Crippen molar-refractivity contribution in [2.75, 3.05) is 11.5 Å². The van der Waals surface area contributed by atoms with Crippen LogP contribution < -0.4 is 11.5 Å². The van der Waals surface area contributed by atoms with Crippen LogP contribution >= 0.6 is 0 Å². The highest BCUT2D eigenvalue weighted by atomic mass is 15.0. The normalized spacial score (nSPS) is 10.3. The molecule has 2 rings (SSSR count). The Morgan fingerprint density at radius 1 is 0.929 bits per heavy atom. The van der Waals surface area contributed by atoms with Crippen molar-refractivity contribution in [2.24, 2.45) is 0 Å². The molecular weight excluding hydrogens is 174 g/mol. The summed E-state index contributed by atoms with van der Waals surface area (Å²) in [5, 5.41) is 0. The summed E-state index contributed by atoms with van der Waals surface area (Å²) < 4.78 is 1.99. The second-order valence-corrected chi connectivity index (χ2v) is 3.33. The van der Waals surface area contributed by atoms with Crippen LogP contribution in [0.1, 0.15) is 5.56 Å². The maximum absolute atomic E-state index is 5.65. The molecule has 0 aliphatic rings. The van der Waals surface area contributed by atoms with Crippen LogP contribution in [-0.2, 0) is 6.54 Å². The number of hydrogen-bond donors (Lipinski definition) is 2. The molecule has 72 valence electrons. The van der Waals surface area contributed by atoms with Crippen LogP contribution in [0.5, 0.6) is 0 Å². The van der Waals surface area contributed by atoms with Crippen LogP contribution in [0.15, 0.2) is 42.7 Å². The van der Waals surface area contributed by atoms with Gasteiger partial charge in [0.25, 0.3) is 0 Å². The molecule has 0 atom stereocenters. The minimum absolute atomic E-state index is 0.640. The Bertz CT molecular complexity index is 398. The Hall–Kier alpha value is -1.90. The quantitative estimate of drug-likeness (QED) is 0.751. The van der Waals surface area contributed by atoms with Crippen molar-refractivity contribution in [3.8, 4) is 0 Å². The number of nitrogens with zero attached hydrogens (tertiary/aromatic N) is 1. The van der Waals surface area contributed by atoms with Crippen molar-refractivity contribution in [3.05, 3.63) is 48.3 Å². The van der Waals surface area contributed by atoms with E-state index in [1.54, 1.807) is 0 Å². The third kappa shape index (κ3) is 1.71. The zero-order valence-electron chi connectivity index (χ0n) is 7.85. The summed E-state index contributed by atoms with van der Waals surface area (Å²) in [5.74, 6) is 0. The molecule has 0 amide bonds. The Balaban J connectivity index is 2.19. The summed E-state index contributed by atoms with van der Waals surface area (Å²) in [5.41, 5.74) is 13.8. The smallest absolute Gasteiger partial charge is 0.0728 e. The second-order valence-electron chi connectivity index (χ2n) is 3.33. The molecule has 2 aromatic rings. The van der Waals surface area contributed by atoms with Crippen molar-refractivity contribution in [3.63, 3.8) is 0 Å². The molecule has 1 heterocycles. The first-order chi connectivity index (χ1) is 6.75. The Kier molecular flexibility index (Phi) is 2.14. The maximum Gasteiger partial charge on any atom is 0.0728 e. The van der Waals surface area contributed by atoms with Crippen LogP contribution in [0.3, 0.4) is 0 Å². The van der Waals surface area contributed by atoms with Gasteiger partial charge < -0.3 is 16.0 Å². The maximum atomic E-state index is 5.65. The summed E-state index contributed by atoms with van der Waals surface area (Å²) in [6.07, 6.45) is 3.70. The Labute approximate surface area is 83.0 Å². The fraction of sp³-hybridized carbons (Fsp3) is 0.0909. The number of hydrogen-bond acceptors (Lipinski definition) is 2.